The van der Waals surface area contributed by atoms with Crippen LogP contribution < -0.4 is 4.57 Å². The number of hydrogen-bond donors (Lipinski definition) is 1. The van der Waals surface area contributed by atoms with Crippen LogP contribution in [0.15, 0.2) is 30.6 Å². The molecule has 2 aromatic rings. The first-order valence-electron chi connectivity index (χ1n) is 7.28. The maximum atomic E-state index is 11.6. The number of aromatic carboxylic acids is 1. The van der Waals surface area contributed by atoms with Crippen molar-refractivity contribution >= 4 is 5.97 Å². The molecule has 4 nitrogen and oxygen atoms in total. The maximum Gasteiger partial charge on any atom is 0.420 e. The van der Waals surface area contributed by atoms with E-state index in [9.17, 15) is 9.90 Å². The number of aryl methyl sites for hydroxylation is 1. The van der Waals surface area contributed by atoms with Crippen molar-refractivity contribution in [1.29, 1.82) is 0 Å². The molecule has 1 aromatic heterocycles. The summed E-state index contributed by atoms with van der Waals surface area (Å²) in [5.74, 6) is 0.00173. The third-order valence-corrected chi connectivity index (χ3v) is 3.78. The Hall–Kier alpha value is -2.10. The van der Waals surface area contributed by atoms with E-state index in [0.29, 0.717) is 11.8 Å². The van der Waals surface area contributed by atoms with Gasteiger partial charge in [0.1, 0.15) is 18.1 Å². The number of imidazole rings is 1. The van der Waals surface area contributed by atoms with E-state index in [1.54, 1.807) is 22.4 Å². The van der Waals surface area contributed by atoms with Crippen LogP contribution in [0.4, 0.5) is 0 Å². The molecule has 0 spiro atoms. The first-order chi connectivity index (χ1) is 9.84. The molecule has 0 aliphatic heterocycles. The second-order valence-electron chi connectivity index (χ2n) is 6.00. The molecule has 1 heterocycles. The number of nitrogens with zero attached hydrogens (tertiary/aromatic N) is 2. The van der Waals surface area contributed by atoms with Crippen molar-refractivity contribution in [2.75, 3.05) is 0 Å². The van der Waals surface area contributed by atoms with Gasteiger partial charge in [0.25, 0.3) is 0 Å². The Morgan fingerprint density at radius 3 is 2.10 bits per heavy atom. The largest absolute Gasteiger partial charge is 0.472 e. The summed E-state index contributed by atoms with van der Waals surface area (Å²) in [4.78, 5) is 11.6. The Balaban J connectivity index is 2.82. The molecule has 1 N–H and O–H groups in total. The summed E-state index contributed by atoms with van der Waals surface area (Å²) in [6.07, 6.45) is 3.61. The zero-order chi connectivity index (χ0) is 15.7. The van der Waals surface area contributed by atoms with E-state index in [4.69, 9.17) is 0 Å². The third kappa shape index (κ3) is 2.71. The molecule has 0 atom stereocenters. The highest BCUT2D eigenvalue weighted by atomic mass is 16.4. The SMILES string of the molecule is CC(C)c1cccc(C(C)C)c1-n1cc[n+](C)c1C(=O)O. The Labute approximate surface area is 125 Å². The van der Waals surface area contributed by atoms with Gasteiger partial charge in [-0.25, -0.2) is 9.36 Å². The van der Waals surface area contributed by atoms with Crippen molar-refractivity contribution in [1.82, 2.24) is 4.57 Å². The van der Waals surface area contributed by atoms with E-state index in [0.717, 1.165) is 5.69 Å². The predicted molar refractivity (Wildman–Crippen MR) is 82.1 cm³/mol. The Bertz CT molecular complexity index is 643. The molecule has 4 heteroatoms. The number of rotatable bonds is 4. The zero-order valence-corrected chi connectivity index (χ0v) is 13.3. The number of benzene rings is 1. The van der Waals surface area contributed by atoms with Crippen LogP contribution >= 0.6 is 0 Å². The van der Waals surface area contributed by atoms with Crippen LogP contribution in [0, 0.1) is 0 Å². The van der Waals surface area contributed by atoms with Crippen molar-refractivity contribution in [3.05, 3.63) is 47.5 Å². The minimum Gasteiger partial charge on any atom is -0.472 e. The van der Waals surface area contributed by atoms with Gasteiger partial charge in [0, 0.05) is 11.1 Å². The number of hydrogen-bond acceptors (Lipinski definition) is 1. The lowest BCUT2D eigenvalue weighted by atomic mass is 9.92. The summed E-state index contributed by atoms with van der Waals surface area (Å²) in [6, 6.07) is 6.22. The third-order valence-electron chi connectivity index (χ3n) is 3.78. The second-order valence-corrected chi connectivity index (χ2v) is 6.00. The molecule has 0 saturated carbocycles. The van der Waals surface area contributed by atoms with Crippen LogP contribution in [0.1, 0.15) is 61.3 Å². The molecule has 0 bridgehead atoms. The molecule has 0 fully saturated rings. The van der Waals surface area contributed by atoms with E-state index in [1.807, 2.05) is 6.20 Å². The normalized spacial score (nSPS) is 11.4. The van der Waals surface area contributed by atoms with E-state index in [2.05, 4.69) is 45.9 Å². The molecule has 0 saturated heterocycles. The summed E-state index contributed by atoms with van der Waals surface area (Å²) >= 11 is 0. The van der Waals surface area contributed by atoms with Crippen LogP contribution in [0.3, 0.4) is 0 Å². The molecule has 0 radical (unpaired) electrons. The Morgan fingerprint density at radius 2 is 1.67 bits per heavy atom. The van der Waals surface area contributed by atoms with E-state index in [1.165, 1.54) is 11.1 Å². The van der Waals surface area contributed by atoms with Gasteiger partial charge in [-0.05, 0) is 11.8 Å². The highest BCUT2D eigenvalue weighted by Gasteiger charge is 2.28. The smallest absolute Gasteiger partial charge is 0.420 e. The number of aromatic nitrogens is 2. The fraction of sp³-hybridized carbons (Fsp3) is 0.412. The fourth-order valence-electron chi connectivity index (χ4n) is 2.70. The lowest BCUT2D eigenvalue weighted by Gasteiger charge is -2.17. The highest BCUT2D eigenvalue weighted by molar-refractivity contribution is 5.83. The highest BCUT2D eigenvalue weighted by Crippen LogP contribution is 2.31. The molecule has 2 rings (SSSR count). The fourth-order valence-corrected chi connectivity index (χ4v) is 2.70. The van der Waals surface area contributed by atoms with Crippen molar-refractivity contribution in [3.63, 3.8) is 0 Å². The van der Waals surface area contributed by atoms with Crippen molar-refractivity contribution in [3.8, 4) is 5.69 Å². The summed E-state index contributed by atoms with van der Waals surface area (Å²) in [6.45, 7) is 8.53. The first-order valence-corrected chi connectivity index (χ1v) is 7.28. The van der Waals surface area contributed by atoms with Crippen LogP contribution in [0.25, 0.3) is 5.69 Å². The lowest BCUT2D eigenvalue weighted by molar-refractivity contribution is -0.673. The van der Waals surface area contributed by atoms with Gasteiger partial charge in [-0.3, -0.25) is 0 Å². The monoisotopic (exact) mass is 287 g/mol. The molecule has 21 heavy (non-hydrogen) atoms. The van der Waals surface area contributed by atoms with Crippen LogP contribution in [0.5, 0.6) is 0 Å². The standard InChI is InChI=1S/C17H22N2O2/c1-11(2)13-7-6-8-14(12(3)4)15(13)19-10-9-18(5)16(19)17(20)21/h6-12H,1-5H3/p+1. The number of carbonyl (C=O) groups is 1. The van der Waals surface area contributed by atoms with Crippen molar-refractivity contribution < 1.29 is 14.5 Å². The Morgan fingerprint density at radius 1 is 1.14 bits per heavy atom. The van der Waals surface area contributed by atoms with Gasteiger partial charge < -0.3 is 5.11 Å². The van der Waals surface area contributed by atoms with Gasteiger partial charge in [0.2, 0.25) is 0 Å². The molecule has 0 amide bonds. The van der Waals surface area contributed by atoms with Crippen LogP contribution in [-0.2, 0) is 7.05 Å². The van der Waals surface area contributed by atoms with Crippen LogP contribution in [0.2, 0.25) is 0 Å². The first kappa shape index (κ1) is 15.3. The molecule has 0 unspecified atom stereocenters. The lowest BCUT2D eigenvalue weighted by Crippen LogP contribution is -2.35. The topological polar surface area (TPSA) is 46.1 Å². The van der Waals surface area contributed by atoms with E-state index in [-0.39, 0.29) is 5.82 Å². The van der Waals surface area contributed by atoms with Crippen molar-refractivity contribution in [2.45, 2.75) is 39.5 Å². The average molecular weight is 287 g/mol. The zero-order valence-electron chi connectivity index (χ0n) is 13.3. The molecular formula is C17H23N2O2+. The van der Waals surface area contributed by atoms with Gasteiger partial charge in [-0.1, -0.05) is 45.9 Å². The second kappa shape index (κ2) is 5.72. The maximum absolute atomic E-state index is 11.6. The van der Waals surface area contributed by atoms with Crippen LogP contribution in [-0.4, -0.2) is 15.6 Å². The summed E-state index contributed by atoms with van der Waals surface area (Å²) in [5.41, 5.74) is 3.33. The number of carboxylic acid groups (broad SMARTS) is 1. The number of para-hydroxylation sites is 1. The molecule has 0 aliphatic carbocycles. The summed E-state index contributed by atoms with van der Waals surface area (Å²) < 4.78 is 3.44. The average Bonchev–Trinajstić information content (AvgIpc) is 2.79. The predicted octanol–water partition coefficient (Wildman–Crippen LogP) is 3.25. The quantitative estimate of drug-likeness (QED) is 0.877. The van der Waals surface area contributed by atoms with Gasteiger partial charge in [-0.2, -0.15) is 4.57 Å². The number of carboxylic acids is 1. The molecule has 112 valence electrons. The summed E-state index contributed by atoms with van der Waals surface area (Å²) in [7, 11) is 1.76. The summed E-state index contributed by atoms with van der Waals surface area (Å²) in [5, 5.41) is 9.51. The van der Waals surface area contributed by atoms with Crippen molar-refractivity contribution in [2.24, 2.45) is 7.05 Å². The van der Waals surface area contributed by atoms with Gasteiger partial charge in [0.15, 0.2) is 0 Å². The van der Waals surface area contributed by atoms with Gasteiger partial charge >= 0.3 is 11.8 Å². The molecule has 0 aliphatic rings. The molecule has 1 aromatic carbocycles. The van der Waals surface area contributed by atoms with E-state index >= 15 is 0 Å². The Kier molecular flexibility index (Phi) is 4.16. The minimum atomic E-state index is -0.921. The van der Waals surface area contributed by atoms with Gasteiger partial charge in [-0.15, -0.1) is 0 Å². The molecular weight excluding hydrogens is 264 g/mol. The van der Waals surface area contributed by atoms with E-state index < -0.39 is 5.97 Å². The minimum absolute atomic E-state index is 0.269. The van der Waals surface area contributed by atoms with Gasteiger partial charge in [0.05, 0.1) is 7.05 Å².